The lowest BCUT2D eigenvalue weighted by atomic mass is 9.86. The fourth-order valence-corrected chi connectivity index (χ4v) is 2.40. The highest BCUT2D eigenvalue weighted by Crippen LogP contribution is 2.28. The second kappa shape index (κ2) is 9.77. The van der Waals surface area contributed by atoms with E-state index in [2.05, 4.69) is 65.0 Å². The zero-order valence-corrected chi connectivity index (χ0v) is 15.8. The Bertz CT molecular complexity index is 481. The molecule has 0 amide bonds. The first-order valence-corrected chi connectivity index (χ1v) is 8.81. The third-order valence-electron chi connectivity index (χ3n) is 3.86. The van der Waals surface area contributed by atoms with E-state index in [9.17, 15) is 0 Å². The van der Waals surface area contributed by atoms with E-state index in [-0.39, 0.29) is 5.41 Å². The highest BCUT2D eigenvalue weighted by atomic mass is 16.5. The van der Waals surface area contributed by atoms with E-state index in [4.69, 9.17) is 9.47 Å². The number of rotatable bonds is 9. The minimum atomic E-state index is 0.158. The number of hydrogen-bond donors (Lipinski definition) is 0. The molecule has 1 aromatic carbocycles. The molecule has 1 rings (SSSR count). The number of unbranched alkanes of at least 4 members (excludes halogenated alkanes) is 3. The van der Waals surface area contributed by atoms with Crippen LogP contribution in [0.3, 0.4) is 0 Å². The first-order valence-electron chi connectivity index (χ1n) is 8.81. The van der Waals surface area contributed by atoms with E-state index in [1.54, 1.807) is 7.11 Å². The van der Waals surface area contributed by atoms with Crippen LogP contribution in [0.4, 0.5) is 0 Å². The van der Waals surface area contributed by atoms with Crippen LogP contribution in [0.25, 0.3) is 6.08 Å². The molecular formula is C21H34O2. The maximum atomic E-state index is 5.56. The van der Waals surface area contributed by atoms with E-state index < -0.39 is 0 Å². The number of methoxy groups -OCH3 is 1. The zero-order valence-electron chi connectivity index (χ0n) is 15.8. The quantitative estimate of drug-likeness (QED) is 0.520. The Balaban J connectivity index is 2.49. The summed E-state index contributed by atoms with van der Waals surface area (Å²) < 4.78 is 11.0. The van der Waals surface area contributed by atoms with Crippen LogP contribution in [-0.4, -0.2) is 19.8 Å². The van der Waals surface area contributed by atoms with Gasteiger partial charge in [0, 0.05) is 12.2 Å². The van der Waals surface area contributed by atoms with Gasteiger partial charge in [-0.05, 0) is 56.2 Å². The predicted octanol–water partition coefficient (Wildman–Crippen LogP) is 5.99. The number of ether oxygens (including phenoxy) is 2. The normalized spacial score (nSPS) is 12.3. The lowest BCUT2D eigenvalue weighted by molar-refractivity contribution is 0.0758. The largest absolute Gasteiger partial charge is 0.496 e. The van der Waals surface area contributed by atoms with Gasteiger partial charge in [-0.25, -0.2) is 0 Å². The molecule has 0 saturated heterocycles. The first kappa shape index (κ1) is 19.8. The third-order valence-corrected chi connectivity index (χ3v) is 3.86. The SMILES string of the molecule is COc1ccc(C(C)(C)C)cc1/C=C/CCCCCOC(C)C. The maximum absolute atomic E-state index is 5.56. The molecule has 2 nitrogen and oxygen atoms in total. The predicted molar refractivity (Wildman–Crippen MR) is 100 cm³/mol. The molecule has 0 aliphatic heterocycles. The highest BCUT2D eigenvalue weighted by Gasteiger charge is 2.14. The van der Waals surface area contributed by atoms with Crippen LogP contribution in [0.1, 0.15) is 71.4 Å². The molecule has 0 saturated carbocycles. The molecule has 0 spiro atoms. The summed E-state index contributed by atoms with van der Waals surface area (Å²) in [7, 11) is 1.73. The zero-order chi connectivity index (χ0) is 17.3. The summed E-state index contributed by atoms with van der Waals surface area (Å²) in [6.45, 7) is 11.8. The van der Waals surface area contributed by atoms with Crippen molar-refractivity contribution in [1.82, 2.24) is 0 Å². The van der Waals surface area contributed by atoms with Gasteiger partial charge in [-0.1, -0.05) is 45.4 Å². The van der Waals surface area contributed by atoms with E-state index in [1.807, 2.05) is 0 Å². The average Bonchev–Trinajstić information content (AvgIpc) is 2.48. The van der Waals surface area contributed by atoms with Crippen molar-refractivity contribution >= 4 is 6.08 Å². The van der Waals surface area contributed by atoms with Crippen molar-refractivity contribution in [3.8, 4) is 5.75 Å². The summed E-state index contributed by atoms with van der Waals surface area (Å²) in [5, 5.41) is 0. The van der Waals surface area contributed by atoms with E-state index in [0.717, 1.165) is 25.2 Å². The Morgan fingerprint density at radius 3 is 2.43 bits per heavy atom. The minimum absolute atomic E-state index is 0.158. The summed E-state index contributed by atoms with van der Waals surface area (Å²) in [5.41, 5.74) is 2.66. The molecule has 2 heteroatoms. The molecule has 0 radical (unpaired) electrons. The maximum Gasteiger partial charge on any atom is 0.126 e. The van der Waals surface area contributed by atoms with Gasteiger partial charge in [0.25, 0.3) is 0 Å². The lowest BCUT2D eigenvalue weighted by Crippen LogP contribution is -2.11. The molecule has 0 N–H and O–H groups in total. The summed E-state index contributed by atoms with van der Waals surface area (Å²) >= 11 is 0. The molecule has 23 heavy (non-hydrogen) atoms. The van der Waals surface area contributed by atoms with Crippen LogP contribution in [0.15, 0.2) is 24.3 Å². The van der Waals surface area contributed by atoms with Gasteiger partial charge in [0.15, 0.2) is 0 Å². The average molecular weight is 319 g/mol. The van der Waals surface area contributed by atoms with Crippen molar-refractivity contribution in [2.75, 3.05) is 13.7 Å². The number of benzene rings is 1. The molecule has 0 aliphatic rings. The molecule has 0 fully saturated rings. The Morgan fingerprint density at radius 2 is 1.83 bits per heavy atom. The van der Waals surface area contributed by atoms with Crippen molar-refractivity contribution in [3.05, 3.63) is 35.4 Å². The van der Waals surface area contributed by atoms with Crippen molar-refractivity contribution in [2.45, 2.75) is 71.8 Å². The van der Waals surface area contributed by atoms with Crippen LogP contribution in [-0.2, 0) is 10.2 Å². The molecule has 0 atom stereocenters. The molecule has 0 heterocycles. The van der Waals surface area contributed by atoms with Crippen molar-refractivity contribution in [1.29, 1.82) is 0 Å². The van der Waals surface area contributed by atoms with Gasteiger partial charge >= 0.3 is 0 Å². The summed E-state index contributed by atoms with van der Waals surface area (Å²) in [6, 6.07) is 6.47. The second-order valence-corrected chi connectivity index (χ2v) is 7.38. The number of hydrogen-bond acceptors (Lipinski definition) is 2. The topological polar surface area (TPSA) is 18.5 Å². The molecule has 0 unspecified atom stereocenters. The van der Waals surface area contributed by atoms with Gasteiger partial charge in [0.05, 0.1) is 13.2 Å². The van der Waals surface area contributed by atoms with Crippen molar-refractivity contribution in [2.24, 2.45) is 0 Å². The monoisotopic (exact) mass is 318 g/mol. The summed E-state index contributed by atoms with van der Waals surface area (Å²) in [5.74, 6) is 0.944. The Kier molecular flexibility index (Phi) is 8.40. The van der Waals surface area contributed by atoms with Gasteiger partial charge in [0.2, 0.25) is 0 Å². The molecule has 0 aliphatic carbocycles. The molecule has 130 valence electrons. The molecule has 0 aromatic heterocycles. The highest BCUT2D eigenvalue weighted by molar-refractivity contribution is 5.59. The Hall–Kier alpha value is -1.28. The first-order chi connectivity index (χ1) is 10.8. The van der Waals surface area contributed by atoms with Crippen LogP contribution in [0.5, 0.6) is 5.75 Å². The van der Waals surface area contributed by atoms with Gasteiger partial charge < -0.3 is 9.47 Å². The summed E-state index contributed by atoms with van der Waals surface area (Å²) in [4.78, 5) is 0. The summed E-state index contributed by atoms with van der Waals surface area (Å²) in [6.07, 6.45) is 9.47. The Morgan fingerprint density at radius 1 is 1.09 bits per heavy atom. The smallest absolute Gasteiger partial charge is 0.126 e. The van der Waals surface area contributed by atoms with Gasteiger partial charge in [0.1, 0.15) is 5.75 Å². The molecule has 0 bridgehead atoms. The second-order valence-electron chi connectivity index (χ2n) is 7.38. The minimum Gasteiger partial charge on any atom is -0.496 e. The third kappa shape index (κ3) is 7.69. The van der Waals surface area contributed by atoms with Crippen LogP contribution < -0.4 is 4.74 Å². The van der Waals surface area contributed by atoms with Crippen molar-refractivity contribution in [3.63, 3.8) is 0 Å². The van der Waals surface area contributed by atoms with Gasteiger partial charge in [-0.3, -0.25) is 0 Å². The van der Waals surface area contributed by atoms with E-state index in [1.165, 1.54) is 24.0 Å². The van der Waals surface area contributed by atoms with Crippen LogP contribution in [0, 0.1) is 0 Å². The van der Waals surface area contributed by atoms with Gasteiger partial charge in [-0.15, -0.1) is 0 Å². The van der Waals surface area contributed by atoms with Gasteiger partial charge in [-0.2, -0.15) is 0 Å². The fraction of sp³-hybridized carbons (Fsp3) is 0.619. The molecular weight excluding hydrogens is 284 g/mol. The van der Waals surface area contributed by atoms with E-state index >= 15 is 0 Å². The number of allylic oxidation sites excluding steroid dienone is 1. The van der Waals surface area contributed by atoms with Crippen molar-refractivity contribution < 1.29 is 9.47 Å². The molecule has 1 aromatic rings. The van der Waals surface area contributed by atoms with E-state index in [0.29, 0.717) is 6.10 Å². The fourth-order valence-electron chi connectivity index (χ4n) is 2.40. The standard InChI is InChI=1S/C21H34O2/c1-17(2)23-15-11-9-7-8-10-12-18-16-19(21(3,4)5)13-14-20(18)22-6/h10,12-14,16-17H,7-9,11,15H2,1-6H3/b12-10+. The van der Waals surface area contributed by atoms with Crippen LogP contribution >= 0.6 is 0 Å². The lowest BCUT2D eigenvalue weighted by Gasteiger charge is -2.20. The Labute approximate surface area is 142 Å². The van der Waals surface area contributed by atoms with Crippen LogP contribution in [0.2, 0.25) is 0 Å².